The van der Waals surface area contributed by atoms with Crippen LogP contribution >= 0.6 is 24.2 Å². The van der Waals surface area contributed by atoms with E-state index >= 15 is 0 Å². The Hall–Kier alpha value is -0.710. The third-order valence-corrected chi connectivity index (χ3v) is 4.08. The van der Waals surface area contributed by atoms with Crippen LogP contribution in [-0.4, -0.2) is 24.0 Å². The second-order valence-corrected chi connectivity index (χ2v) is 6.43. The van der Waals surface area contributed by atoms with Gasteiger partial charge in [-0.1, -0.05) is 38.1 Å². The molecule has 0 heterocycles. The first-order chi connectivity index (χ1) is 9.45. The highest BCUT2D eigenvalue weighted by molar-refractivity contribution is 7.98. The molecule has 0 fully saturated rings. The molecule has 0 saturated carbocycles. The highest BCUT2D eigenvalue weighted by Crippen LogP contribution is 2.18. The SMILES string of the molecule is CSCC[C@H](N)C(=O)NC(C)c1ccc(C(C)C)cc1.Cl. The highest BCUT2D eigenvalue weighted by Gasteiger charge is 2.16. The second-order valence-electron chi connectivity index (χ2n) is 5.44. The summed E-state index contributed by atoms with van der Waals surface area (Å²) in [5.41, 5.74) is 8.29. The minimum absolute atomic E-state index is 0. The van der Waals surface area contributed by atoms with Crippen molar-refractivity contribution < 1.29 is 4.79 Å². The maximum Gasteiger partial charge on any atom is 0.237 e. The predicted molar refractivity (Wildman–Crippen MR) is 95.3 cm³/mol. The quantitative estimate of drug-likeness (QED) is 0.804. The van der Waals surface area contributed by atoms with Gasteiger partial charge in [-0.2, -0.15) is 11.8 Å². The van der Waals surface area contributed by atoms with Gasteiger partial charge in [0.05, 0.1) is 12.1 Å². The van der Waals surface area contributed by atoms with E-state index in [1.807, 2.05) is 13.2 Å². The molecule has 1 aromatic carbocycles. The van der Waals surface area contributed by atoms with Crippen molar-refractivity contribution in [1.29, 1.82) is 0 Å². The van der Waals surface area contributed by atoms with Crippen molar-refractivity contribution in [2.45, 2.75) is 45.2 Å². The largest absolute Gasteiger partial charge is 0.348 e. The van der Waals surface area contributed by atoms with Crippen molar-refractivity contribution in [3.8, 4) is 0 Å². The number of thioether (sulfide) groups is 1. The lowest BCUT2D eigenvalue weighted by Gasteiger charge is -2.18. The smallest absolute Gasteiger partial charge is 0.237 e. The summed E-state index contributed by atoms with van der Waals surface area (Å²) < 4.78 is 0. The molecule has 0 aliphatic carbocycles. The molecule has 1 rings (SSSR count). The summed E-state index contributed by atoms with van der Waals surface area (Å²) in [6.07, 6.45) is 2.73. The number of nitrogens with one attached hydrogen (secondary N) is 1. The van der Waals surface area contributed by atoms with E-state index in [0.29, 0.717) is 12.3 Å². The van der Waals surface area contributed by atoms with Crippen molar-refractivity contribution in [1.82, 2.24) is 5.32 Å². The number of benzene rings is 1. The maximum atomic E-state index is 12.0. The van der Waals surface area contributed by atoms with Crippen LogP contribution < -0.4 is 11.1 Å². The summed E-state index contributed by atoms with van der Waals surface area (Å²) >= 11 is 1.71. The number of hydrogen-bond donors (Lipinski definition) is 2. The molecule has 0 aliphatic heterocycles. The zero-order valence-corrected chi connectivity index (χ0v) is 14.9. The molecule has 120 valence electrons. The van der Waals surface area contributed by atoms with E-state index in [1.54, 1.807) is 11.8 Å². The summed E-state index contributed by atoms with van der Waals surface area (Å²) in [7, 11) is 0. The number of carbonyl (C=O) groups excluding carboxylic acids is 1. The van der Waals surface area contributed by atoms with Gasteiger partial charge in [0, 0.05) is 0 Å². The molecule has 1 unspecified atom stereocenters. The van der Waals surface area contributed by atoms with E-state index < -0.39 is 6.04 Å². The van der Waals surface area contributed by atoms with Gasteiger partial charge in [0.25, 0.3) is 0 Å². The molecule has 1 aromatic rings. The summed E-state index contributed by atoms with van der Waals surface area (Å²) in [6, 6.07) is 7.97. The van der Waals surface area contributed by atoms with Crippen molar-refractivity contribution in [3.63, 3.8) is 0 Å². The standard InChI is InChI=1S/C16H26N2OS.ClH/c1-11(2)13-5-7-14(8-6-13)12(3)18-16(19)15(17)9-10-20-4;/h5-8,11-12,15H,9-10,17H2,1-4H3,(H,18,19);1H/t12?,15-;/m0./s1. The third-order valence-electron chi connectivity index (χ3n) is 3.43. The Labute approximate surface area is 138 Å². The van der Waals surface area contributed by atoms with E-state index in [1.165, 1.54) is 5.56 Å². The van der Waals surface area contributed by atoms with Crippen molar-refractivity contribution in [2.75, 3.05) is 12.0 Å². The molecular formula is C16H27ClN2OS. The average Bonchev–Trinajstić information content (AvgIpc) is 2.44. The Bertz CT molecular complexity index is 423. The topological polar surface area (TPSA) is 55.1 Å². The van der Waals surface area contributed by atoms with Crippen LogP contribution in [0.5, 0.6) is 0 Å². The van der Waals surface area contributed by atoms with Crippen LogP contribution in [0.3, 0.4) is 0 Å². The van der Waals surface area contributed by atoms with E-state index in [0.717, 1.165) is 11.3 Å². The van der Waals surface area contributed by atoms with Crippen LogP contribution in [0, 0.1) is 0 Å². The molecule has 3 N–H and O–H groups in total. The second kappa shape index (κ2) is 10.1. The molecular weight excluding hydrogens is 304 g/mol. The molecule has 1 amide bonds. The first-order valence-corrected chi connectivity index (χ1v) is 8.49. The molecule has 0 spiro atoms. The molecule has 0 saturated heterocycles. The van der Waals surface area contributed by atoms with Crippen molar-refractivity contribution >= 4 is 30.1 Å². The van der Waals surface area contributed by atoms with Gasteiger partial charge in [-0.25, -0.2) is 0 Å². The lowest BCUT2D eigenvalue weighted by Crippen LogP contribution is -2.41. The van der Waals surface area contributed by atoms with Gasteiger partial charge in [-0.3, -0.25) is 4.79 Å². The Morgan fingerprint density at radius 2 is 1.71 bits per heavy atom. The minimum Gasteiger partial charge on any atom is -0.348 e. The van der Waals surface area contributed by atoms with Gasteiger partial charge in [0.2, 0.25) is 5.91 Å². The molecule has 0 bridgehead atoms. The maximum absolute atomic E-state index is 12.0. The molecule has 21 heavy (non-hydrogen) atoms. The molecule has 0 radical (unpaired) electrons. The lowest BCUT2D eigenvalue weighted by atomic mass is 9.99. The van der Waals surface area contributed by atoms with Gasteiger partial charge in [-0.05, 0) is 42.4 Å². The summed E-state index contributed by atoms with van der Waals surface area (Å²) in [6.45, 7) is 6.33. The van der Waals surface area contributed by atoms with Gasteiger partial charge in [-0.15, -0.1) is 12.4 Å². The van der Waals surface area contributed by atoms with Crippen LogP contribution in [-0.2, 0) is 4.79 Å². The molecule has 0 aliphatic rings. The number of rotatable bonds is 7. The predicted octanol–water partition coefficient (Wildman–Crippen LogP) is 3.49. The lowest BCUT2D eigenvalue weighted by molar-refractivity contribution is -0.123. The number of halogens is 1. The van der Waals surface area contributed by atoms with Gasteiger partial charge >= 0.3 is 0 Å². The van der Waals surface area contributed by atoms with E-state index in [9.17, 15) is 4.79 Å². The number of hydrogen-bond acceptors (Lipinski definition) is 3. The number of carbonyl (C=O) groups is 1. The first-order valence-electron chi connectivity index (χ1n) is 7.10. The van der Waals surface area contributed by atoms with Crippen molar-refractivity contribution in [3.05, 3.63) is 35.4 Å². The van der Waals surface area contributed by atoms with Crippen LogP contribution in [0.25, 0.3) is 0 Å². The minimum atomic E-state index is -0.417. The summed E-state index contributed by atoms with van der Waals surface area (Å²) in [5.74, 6) is 1.36. The van der Waals surface area contributed by atoms with Crippen LogP contribution in [0.1, 0.15) is 50.3 Å². The molecule has 5 heteroatoms. The Morgan fingerprint density at radius 3 is 2.19 bits per heavy atom. The molecule has 2 atom stereocenters. The first kappa shape index (κ1) is 20.3. The Kier molecular flexibility index (Phi) is 9.75. The highest BCUT2D eigenvalue weighted by atomic mass is 35.5. The van der Waals surface area contributed by atoms with Gasteiger partial charge in [0.15, 0.2) is 0 Å². The van der Waals surface area contributed by atoms with Crippen LogP contribution in [0.15, 0.2) is 24.3 Å². The van der Waals surface area contributed by atoms with Crippen LogP contribution in [0.4, 0.5) is 0 Å². The van der Waals surface area contributed by atoms with E-state index in [2.05, 4.69) is 43.4 Å². The average molecular weight is 331 g/mol. The van der Waals surface area contributed by atoms with Crippen LogP contribution in [0.2, 0.25) is 0 Å². The zero-order valence-electron chi connectivity index (χ0n) is 13.3. The van der Waals surface area contributed by atoms with E-state index in [-0.39, 0.29) is 24.4 Å². The normalized spacial score (nSPS) is 13.4. The third kappa shape index (κ3) is 6.72. The van der Waals surface area contributed by atoms with Crippen molar-refractivity contribution in [2.24, 2.45) is 5.73 Å². The number of amides is 1. The number of nitrogens with two attached hydrogens (primary N) is 1. The summed E-state index contributed by atoms with van der Waals surface area (Å²) in [5, 5.41) is 2.98. The summed E-state index contributed by atoms with van der Waals surface area (Å²) in [4.78, 5) is 12.0. The zero-order chi connectivity index (χ0) is 15.1. The monoisotopic (exact) mass is 330 g/mol. The fourth-order valence-corrected chi connectivity index (χ4v) is 2.44. The fraction of sp³-hybridized carbons (Fsp3) is 0.562. The Balaban J connectivity index is 0.00000400. The Morgan fingerprint density at radius 1 is 1.19 bits per heavy atom. The van der Waals surface area contributed by atoms with E-state index in [4.69, 9.17) is 5.73 Å². The van der Waals surface area contributed by atoms with Gasteiger partial charge in [0.1, 0.15) is 0 Å². The fourth-order valence-electron chi connectivity index (χ4n) is 1.95. The molecule has 0 aromatic heterocycles. The molecule has 3 nitrogen and oxygen atoms in total. The van der Waals surface area contributed by atoms with Gasteiger partial charge < -0.3 is 11.1 Å².